The van der Waals surface area contributed by atoms with Crippen molar-refractivity contribution in [1.29, 1.82) is 0 Å². The van der Waals surface area contributed by atoms with Gasteiger partial charge in [0.2, 0.25) is 0 Å². The van der Waals surface area contributed by atoms with Gasteiger partial charge in [0, 0.05) is 30.2 Å². The largest absolute Gasteiger partial charge is 0.489 e. The summed E-state index contributed by atoms with van der Waals surface area (Å²) in [5, 5.41) is 23.4. The molecule has 2 N–H and O–H groups in total. The van der Waals surface area contributed by atoms with Crippen LogP contribution in [0.15, 0.2) is 91.3 Å². The fourth-order valence-corrected chi connectivity index (χ4v) is 3.42. The van der Waals surface area contributed by atoms with Crippen molar-refractivity contribution in [3.05, 3.63) is 112 Å². The van der Waals surface area contributed by atoms with Crippen molar-refractivity contribution in [3.63, 3.8) is 0 Å². The second-order valence-corrected chi connectivity index (χ2v) is 7.75. The lowest BCUT2D eigenvalue weighted by Gasteiger charge is -2.15. The van der Waals surface area contributed by atoms with E-state index < -0.39 is 16.9 Å². The Bertz CT molecular complexity index is 1300. The van der Waals surface area contributed by atoms with Crippen LogP contribution in [0.4, 0.5) is 11.5 Å². The summed E-state index contributed by atoms with van der Waals surface area (Å²) in [7, 11) is 0. The number of nitrogens with zero attached hydrogens (tertiary/aromatic N) is 3. The number of aromatic nitrogens is 2. The van der Waals surface area contributed by atoms with E-state index in [0.717, 1.165) is 16.9 Å². The Morgan fingerprint density at radius 2 is 1.69 bits per heavy atom. The first-order chi connectivity index (χ1) is 17.0. The molecule has 3 aromatic carbocycles. The maximum atomic E-state index is 11.8. The summed E-state index contributed by atoms with van der Waals surface area (Å²) in [4.78, 5) is 30.6. The molecule has 1 heterocycles. The monoisotopic (exact) mass is 470 g/mol. The minimum absolute atomic E-state index is 0.0505. The predicted octanol–water partition coefficient (Wildman–Crippen LogP) is 4.74. The third kappa shape index (κ3) is 6.38. The van der Waals surface area contributed by atoms with Crippen LogP contribution >= 0.6 is 0 Å². The average molecular weight is 470 g/mol. The fraction of sp³-hybridized carbons (Fsp3) is 0.115. The van der Waals surface area contributed by atoms with Gasteiger partial charge in [0.1, 0.15) is 30.5 Å². The highest BCUT2D eigenvalue weighted by Crippen LogP contribution is 2.23. The number of carbonyl (C=O) groups is 1. The highest BCUT2D eigenvalue weighted by molar-refractivity contribution is 5.77. The first kappa shape index (κ1) is 23.4. The second kappa shape index (κ2) is 10.9. The topological polar surface area (TPSA) is 127 Å². The Hall–Kier alpha value is -4.79. The first-order valence-electron chi connectivity index (χ1n) is 10.8. The number of carboxylic acid groups (broad SMARTS) is 1. The van der Waals surface area contributed by atoms with Crippen LogP contribution in [0.1, 0.15) is 11.1 Å². The zero-order chi connectivity index (χ0) is 24.6. The number of hydrogen-bond acceptors (Lipinski definition) is 7. The fourth-order valence-electron chi connectivity index (χ4n) is 3.42. The molecule has 0 aliphatic rings. The molecule has 1 unspecified atom stereocenters. The minimum Gasteiger partial charge on any atom is -0.489 e. The van der Waals surface area contributed by atoms with E-state index in [1.807, 2.05) is 54.6 Å². The molecule has 0 aliphatic carbocycles. The Morgan fingerprint density at radius 3 is 2.34 bits per heavy atom. The van der Waals surface area contributed by atoms with Crippen molar-refractivity contribution in [3.8, 4) is 17.0 Å². The van der Waals surface area contributed by atoms with Crippen LogP contribution in [-0.2, 0) is 17.8 Å². The molecule has 1 aromatic heterocycles. The van der Waals surface area contributed by atoms with Gasteiger partial charge in [-0.1, -0.05) is 42.5 Å². The van der Waals surface area contributed by atoms with Crippen molar-refractivity contribution in [1.82, 2.24) is 9.97 Å². The lowest BCUT2D eigenvalue weighted by molar-refractivity contribution is -0.384. The average Bonchev–Trinajstić information content (AvgIpc) is 2.88. The van der Waals surface area contributed by atoms with E-state index in [1.54, 1.807) is 18.2 Å². The van der Waals surface area contributed by atoms with E-state index in [1.165, 1.54) is 18.5 Å². The zero-order valence-corrected chi connectivity index (χ0v) is 18.6. The van der Waals surface area contributed by atoms with Gasteiger partial charge >= 0.3 is 5.97 Å². The maximum absolute atomic E-state index is 11.8. The molecule has 9 nitrogen and oxygen atoms in total. The van der Waals surface area contributed by atoms with Crippen LogP contribution in [0.25, 0.3) is 11.3 Å². The summed E-state index contributed by atoms with van der Waals surface area (Å²) in [6.07, 6.45) is 1.49. The van der Waals surface area contributed by atoms with Gasteiger partial charge in [-0.15, -0.1) is 0 Å². The number of ether oxygens (including phenoxy) is 1. The summed E-state index contributed by atoms with van der Waals surface area (Å²) in [5.41, 5.74) is 3.12. The molecule has 0 spiro atoms. The number of rotatable bonds is 10. The summed E-state index contributed by atoms with van der Waals surface area (Å²) < 4.78 is 5.81. The summed E-state index contributed by atoms with van der Waals surface area (Å²) in [5.74, 6) is 0.0104. The Balaban J connectivity index is 1.42. The zero-order valence-electron chi connectivity index (χ0n) is 18.6. The van der Waals surface area contributed by atoms with Crippen molar-refractivity contribution >= 4 is 17.5 Å². The van der Waals surface area contributed by atoms with Gasteiger partial charge in [0.25, 0.3) is 5.69 Å². The lowest BCUT2D eigenvalue weighted by Crippen LogP contribution is -2.31. The van der Waals surface area contributed by atoms with Gasteiger partial charge < -0.3 is 15.2 Å². The van der Waals surface area contributed by atoms with Gasteiger partial charge in [-0.3, -0.25) is 10.1 Å². The van der Waals surface area contributed by atoms with E-state index in [2.05, 4.69) is 15.3 Å². The molecule has 1 atom stereocenters. The Labute approximate surface area is 201 Å². The molecule has 0 radical (unpaired) electrons. The van der Waals surface area contributed by atoms with E-state index in [-0.39, 0.29) is 12.1 Å². The van der Waals surface area contributed by atoms with E-state index in [9.17, 15) is 20.0 Å². The molecule has 0 bridgehead atoms. The van der Waals surface area contributed by atoms with Gasteiger partial charge in [0.15, 0.2) is 0 Å². The molecule has 9 heteroatoms. The van der Waals surface area contributed by atoms with Gasteiger partial charge in [-0.25, -0.2) is 14.8 Å². The number of hydrogen-bond donors (Lipinski definition) is 2. The third-order valence-electron chi connectivity index (χ3n) is 5.27. The number of carboxylic acids is 1. The van der Waals surface area contributed by atoms with Gasteiger partial charge in [-0.2, -0.15) is 0 Å². The van der Waals surface area contributed by atoms with E-state index in [4.69, 9.17) is 4.74 Å². The Kier molecular flexibility index (Phi) is 7.27. The molecule has 35 heavy (non-hydrogen) atoms. The predicted molar refractivity (Wildman–Crippen MR) is 130 cm³/mol. The molecule has 0 aliphatic heterocycles. The van der Waals surface area contributed by atoms with Crippen molar-refractivity contribution in [2.24, 2.45) is 0 Å². The Morgan fingerprint density at radius 1 is 0.971 bits per heavy atom. The molecule has 4 aromatic rings. The van der Waals surface area contributed by atoms with Crippen LogP contribution in [-0.4, -0.2) is 32.0 Å². The van der Waals surface area contributed by atoms with Gasteiger partial charge in [-0.05, 0) is 35.4 Å². The van der Waals surface area contributed by atoms with Crippen molar-refractivity contribution in [2.45, 2.75) is 19.1 Å². The van der Waals surface area contributed by atoms with Crippen LogP contribution < -0.4 is 10.1 Å². The number of nitro groups is 1. The maximum Gasteiger partial charge on any atom is 0.326 e. The number of benzene rings is 3. The molecule has 0 saturated heterocycles. The number of nitrogens with one attached hydrogen (secondary N) is 1. The van der Waals surface area contributed by atoms with Crippen LogP contribution in [0.3, 0.4) is 0 Å². The highest BCUT2D eigenvalue weighted by atomic mass is 16.6. The molecular weight excluding hydrogens is 448 g/mol. The number of anilines is 1. The molecule has 176 valence electrons. The quantitative estimate of drug-likeness (QED) is 0.251. The SMILES string of the molecule is O=C(O)C(Cc1ccc([N+](=O)[O-])cc1)Nc1cc(-c2ccc(OCc3ccccc3)cc2)ncn1. The standard InChI is InChI=1S/C26H22N4O5/c31-26(32)24(14-18-6-10-21(11-7-18)30(33)34)29-25-15-23(27-17-28-25)20-8-12-22(13-9-20)35-16-19-4-2-1-3-5-19/h1-13,15,17,24H,14,16H2,(H,31,32)(H,27,28,29). The molecule has 4 rings (SSSR count). The number of aliphatic carboxylic acids is 1. The van der Waals surface area contributed by atoms with Gasteiger partial charge in [0.05, 0.1) is 10.6 Å². The molecule has 0 saturated carbocycles. The van der Waals surface area contributed by atoms with E-state index >= 15 is 0 Å². The third-order valence-corrected chi connectivity index (χ3v) is 5.27. The van der Waals surface area contributed by atoms with Crippen LogP contribution in [0.5, 0.6) is 5.75 Å². The van der Waals surface area contributed by atoms with Crippen molar-refractivity contribution in [2.75, 3.05) is 5.32 Å². The second-order valence-electron chi connectivity index (χ2n) is 7.75. The summed E-state index contributed by atoms with van der Waals surface area (Å²) in [6, 6.07) is 23.8. The molecule has 0 amide bonds. The minimum atomic E-state index is -1.07. The summed E-state index contributed by atoms with van der Waals surface area (Å²) in [6.45, 7) is 0.465. The van der Waals surface area contributed by atoms with Crippen LogP contribution in [0.2, 0.25) is 0 Å². The number of nitro benzene ring substituents is 1. The lowest BCUT2D eigenvalue weighted by atomic mass is 10.1. The summed E-state index contributed by atoms with van der Waals surface area (Å²) >= 11 is 0. The molecule has 0 fully saturated rings. The van der Waals surface area contributed by atoms with Crippen LogP contribution in [0, 0.1) is 10.1 Å². The normalized spacial score (nSPS) is 11.4. The van der Waals surface area contributed by atoms with Crippen molar-refractivity contribution < 1.29 is 19.6 Å². The number of non-ortho nitro benzene ring substituents is 1. The highest BCUT2D eigenvalue weighted by Gasteiger charge is 2.19. The molecular formula is C26H22N4O5. The smallest absolute Gasteiger partial charge is 0.326 e. The first-order valence-corrected chi connectivity index (χ1v) is 10.8. The van der Waals surface area contributed by atoms with E-state index in [0.29, 0.717) is 23.7 Å².